The molecule has 0 radical (unpaired) electrons. The predicted octanol–water partition coefficient (Wildman–Crippen LogP) is 4.03. The first-order valence-electron chi connectivity index (χ1n) is 8.67. The Bertz CT molecular complexity index is 1060. The van der Waals surface area contributed by atoms with Crippen LogP contribution in [0.5, 0.6) is 0 Å². The minimum absolute atomic E-state index is 0.206. The second kappa shape index (κ2) is 6.85. The number of benzene rings is 1. The van der Waals surface area contributed by atoms with Crippen LogP contribution >= 0.6 is 11.6 Å². The number of carbonyl (C=O) groups excluding carboxylic acids is 1. The first-order chi connectivity index (χ1) is 12.6. The summed E-state index contributed by atoms with van der Waals surface area (Å²) in [6.45, 7) is 8.97. The molecule has 0 aliphatic heterocycles. The molecular weight excluding hydrogens is 366 g/mol. The number of carbonyl (C=O) groups is 1. The van der Waals surface area contributed by atoms with E-state index in [1.807, 2.05) is 32.9 Å². The van der Waals surface area contributed by atoms with Crippen molar-refractivity contribution in [2.45, 2.75) is 46.3 Å². The van der Waals surface area contributed by atoms with Crippen molar-refractivity contribution in [3.63, 3.8) is 0 Å². The summed E-state index contributed by atoms with van der Waals surface area (Å²) < 4.78 is 8.66. The minimum Gasteiger partial charge on any atom is -0.458 e. The van der Waals surface area contributed by atoms with Gasteiger partial charge in [-0.25, -0.2) is 9.78 Å². The summed E-state index contributed by atoms with van der Waals surface area (Å²) in [5.74, 6) is 0.00972. The van der Waals surface area contributed by atoms with Crippen molar-refractivity contribution in [2.75, 3.05) is 0 Å². The van der Waals surface area contributed by atoms with Crippen LogP contribution < -0.4 is 5.56 Å². The molecule has 0 saturated carbocycles. The van der Waals surface area contributed by atoms with E-state index in [0.717, 1.165) is 5.56 Å². The smallest absolute Gasteiger partial charge is 0.329 e. The fourth-order valence-corrected chi connectivity index (χ4v) is 3.03. The Labute approximate surface area is 162 Å². The third-order valence-corrected chi connectivity index (χ3v) is 4.38. The number of hydrogen-bond acceptors (Lipinski definition) is 4. The number of ether oxygens (including phenoxy) is 1. The second-order valence-electron chi connectivity index (χ2n) is 7.51. The van der Waals surface area contributed by atoms with E-state index >= 15 is 0 Å². The largest absolute Gasteiger partial charge is 0.458 e. The van der Waals surface area contributed by atoms with Gasteiger partial charge >= 0.3 is 5.97 Å². The van der Waals surface area contributed by atoms with Gasteiger partial charge in [0.15, 0.2) is 0 Å². The SMILES string of the molecule is Cc1cc(=O)n2cc(-c3ccc(Cl)cc3)nc2n1C(C)C(=O)OC(C)(C)C. The number of nitrogens with zero attached hydrogens (tertiary/aromatic N) is 3. The molecule has 27 heavy (non-hydrogen) atoms. The van der Waals surface area contributed by atoms with Crippen LogP contribution in [0.1, 0.15) is 39.4 Å². The Morgan fingerprint density at radius 1 is 1.22 bits per heavy atom. The number of rotatable bonds is 3. The number of aryl methyl sites for hydroxylation is 1. The number of aromatic nitrogens is 3. The van der Waals surface area contributed by atoms with Crippen LogP contribution in [0.25, 0.3) is 17.0 Å². The lowest BCUT2D eigenvalue weighted by atomic mass is 10.2. The van der Waals surface area contributed by atoms with E-state index in [1.165, 1.54) is 10.5 Å². The molecule has 0 fully saturated rings. The summed E-state index contributed by atoms with van der Waals surface area (Å²) in [6.07, 6.45) is 1.67. The fourth-order valence-electron chi connectivity index (χ4n) is 2.91. The number of imidazole rings is 1. The molecule has 0 aliphatic carbocycles. The van der Waals surface area contributed by atoms with Crippen molar-refractivity contribution in [3.05, 3.63) is 57.6 Å². The number of esters is 1. The molecule has 1 unspecified atom stereocenters. The van der Waals surface area contributed by atoms with Gasteiger partial charge in [0.25, 0.3) is 5.56 Å². The van der Waals surface area contributed by atoms with Crippen LogP contribution in [0.3, 0.4) is 0 Å². The monoisotopic (exact) mass is 387 g/mol. The molecular formula is C20H22ClN3O3. The molecule has 0 saturated heterocycles. The average molecular weight is 388 g/mol. The van der Waals surface area contributed by atoms with Gasteiger partial charge in [-0.1, -0.05) is 23.7 Å². The molecule has 142 valence electrons. The molecule has 2 aromatic heterocycles. The topological polar surface area (TPSA) is 65.6 Å². The third-order valence-electron chi connectivity index (χ3n) is 4.13. The lowest BCUT2D eigenvalue weighted by Crippen LogP contribution is -2.31. The van der Waals surface area contributed by atoms with Gasteiger partial charge in [-0.3, -0.25) is 9.20 Å². The molecule has 7 heteroatoms. The second-order valence-corrected chi connectivity index (χ2v) is 7.94. The molecule has 3 rings (SSSR count). The zero-order valence-electron chi connectivity index (χ0n) is 16.0. The lowest BCUT2D eigenvalue weighted by molar-refractivity contribution is -0.158. The van der Waals surface area contributed by atoms with E-state index in [1.54, 1.807) is 36.7 Å². The summed E-state index contributed by atoms with van der Waals surface area (Å²) >= 11 is 5.95. The van der Waals surface area contributed by atoms with Crippen LogP contribution in [0.4, 0.5) is 0 Å². The molecule has 0 bridgehead atoms. The number of hydrogen-bond donors (Lipinski definition) is 0. The quantitative estimate of drug-likeness (QED) is 0.636. The Morgan fingerprint density at radius 2 is 1.85 bits per heavy atom. The Morgan fingerprint density at radius 3 is 2.44 bits per heavy atom. The minimum atomic E-state index is -0.632. The zero-order chi connectivity index (χ0) is 19.9. The average Bonchev–Trinajstić information content (AvgIpc) is 2.99. The van der Waals surface area contributed by atoms with Crippen LogP contribution in [0, 0.1) is 6.92 Å². The predicted molar refractivity (Wildman–Crippen MR) is 105 cm³/mol. The Hall–Kier alpha value is -2.60. The number of halogens is 1. The molecule has 0 amide bonds. The maximum atomic E-state index is 12.6. The molecule has 2 heterocycles. The molecule has 6 nitrogen and oxygen atoms in total. The fraction of sp³-hybridized carbons (Fsp3) is 0.350. The molecule has 1 aromatic carbocycles. The maximum Gasteiger partial charge on any atom is 0.329 e. The van der Waals surface area contributed by atoms with E-state index in [4.69, 9.17) is 16.3 Å². The van der Waals surface area contributed by atoms with E-state index in [0.29, 0.717) is 22.2 Å². The highest BCUT2D eigenvalue weighted by Crippen LogP contribution is 2.23. The zero-order valence-corrected chi connectivity index (χ0v) is 16.7. The Balaban J connectivity index is 2.14. The molecule has 0 aliphatic rings. The van der Waals surface area contributed by atoms with E-state index in [-0.39, 0.29) is 11.5 Å². The third kappa shape index (κ3) is 3.90. The number of fused-ring (bicyclic) bond motifs is 1. The van der Waals surface area contributed by atoms with Crippen molar-refractivity contribution < 1.29 is 9.53 Å². The van der Waals surface area contributed by atoms with Crippen LogP contribution in [0.15, 0.2) is 41.3 Å². The van der Waals surface area contributed by atoms with Gasteiger partial charge in [0.2, 0.25) is 5.78 Å². The van der Waals surface area contributed by atoms with Crippen LogP contribution in [-0.4, -0.2) is 25.5 Å². The summed E-state index contributed by atoms with van der Waals surface area (Å²) in [5, 5.41) is 0.622. The van der Waals surface area contributed by atoms with Gasteiger partial charge in [0.1, 0.15) is 11.6 Å². The van der Waals surface area contributed by atoms with E-state index in [2.05, 4.69) is 4.98 Å². The van der Waals surface area contributed by atoms with Crippen molar-refractivity contribution in [1.82, 2.24) is 14.0 Å². The Kier molecular flexibility index (Phi) is 4.86. The van der Waals surface area contributed by atoms with Gasteiger partial charge in [-0.15, -0.1) is 0 Å². The van der Waals surface area contributed by atoms with Gasteiger partial charge in [0.05, 0.1) is 5.69 Å². The standard InChI is InChI=1S/C20H22ClN3O3/c1-12-10-17(25)23-11-16(14-6-8-15(21)9-7-14)22-19(23)24(12)13(2)18(26)27-20(3,4)5/h6-11,13H,1-5H3. The highest BCUT2D eigenvalue weighted by Gasteiger charge is 2.26. The van der Waals surface area contributed by atoms with Gasteiger partial charge in [0, 0.05) is 28.5 Å². The molecule has 0 spiro atoms. The summed E-state index contributed by atoms with van der Waals surface area (Å²) in [6, 6.07) is 8.06. The highest BCUT2D eigenvalue weighted by molar-refractivity contribution is 6.30. The van der Waals surface area contributed by atoms with Crippen molar-refractivity contribution >= 4 is 23.3 Å². The van der Waals surface area contributed by atoms with Crippen LogP contribution in [0.2, 0.25) is 5.02 Å². The van der Waals surface area contributed by atoms with Crippen LogP contribution in [-0.2, 0) is 9.53 Å². The van der Waals surface area contributed by atoms with Gasteiger partial charge in [-0.05, 0) is 46.8 Å². The molecule has 3 aromatic rings. The normalized spacial score (nSPS) is 13.0. The van der Waals surface area contributed by atoms with Crippen molar-refractivity contribution in [1.29, 1.82) is 0 Å². The lowest BCUT2D eigenvalue weighted by Gasteiger charge is -2.24. The first kappa shape index (κ1) is 19.2. The molecule has 1 atom stereocenters. The maximum absolute atomic E-state index is 12.6. The van der Waals surface area contributed by atoms with Crippen molar-refractivity contribution in [3.8, 4) is 11.3 Å². The first-order valence-corrected chi connectivity index (χ1v) is 9.04. The van der Waals surface area contributed by atoms with E-state index in [9.17, 15) is 9.59 Å². The highest BCUT2D eigenvalue weighted by atomic mass is 35.5. The summed E-state index contributed by atoms with van der Waals surface area (Å²) in [7, 11) is 0. The van der Waals surface area contributed by atoms with E-state index < -0.39 is 11.6 Å². The molecule has 0 N–H and O–H groups in total. The summed E-state index contributed by atoms with van der Waals surface area (Å²) in [4.78, 5) is 29.6. The van der Waals surface area contributed by atoms with Gasteiger partial charge < -0.3 is 9.30 Å². The van der Waals surface area contributed by atoms with Crippen molar-refractivity contribution in [2.24, 2.45) is 0 Å². The summed E-state index contributed by atoms with van der Waals surface area (Å²) in [5.41, 5.74) is 1.29. The van der Waals surface area contributed by atoms with Gasteiger partial charge in [-0.2, -0.15) is 0 Å².